The number of nitrogens with zero attached hydrogens (tertiary/aromatic N) is 2. The summed E-state index contributed by atoms with van der Waals surface area (Å²) in [6.45, 7) is 4.70. The lowest BCUT2D eigenvalue weighted by molar-refractivity contribution is -0.0277. The molecule has 27 heavy (non-hydrogen) atoms. The third kappa shape index (κ3) is 4.51. The van der Waals surface area contributed by atoms with Gasteiger partial charge in [-0.1, -0.05) is 17.3 Å². The van der Waals surface area contributed by atoms with Crippen molar-refractivity contribution < 1.29 is 19.1 Å². The number of ether oxygens (including phenoxy) is 2. The van der Waals surface area contributed by atoms with Crippen molar-refractivity contribution in [2.45, 2.75) is 31.3 Å². The lowest BCUT2D eigenvalue weighted by Crippen LogP contribution is -2.46. The van der Waals surface area contributed by atoms with Crippen LogP contribution in [0.5, 0.6) is 5.75 Å². The summed E-state index contributed by atoms with van der Waals surface area (Å²) in [5.41, 5.74) is 1.00. The van der Waals surface area contributed by atoms with Gasteiger partial charge in [0, 0.05) is 44.3 Å². The van der Waals surface area contributed by atoms with Gasteiger partial charge in [0.25, 0.3) is 0 Å². The number of aliphatic hydroxyl groups is 1. The molecule has 1 aromatic carbocycles. The summed E-state index contributed by atoms with van der Waals surface area (Å²) in [6.07, 6.45) is 3.18. The molecule has 0 bridgehead atoms. The number of benzene rings is 1. The summed E-state index contributed by atoms with van der Waals surface area (Å²) in [5, 5.41) is 15.2. The van der Waals surface area contributed by atoms with Gasteiger partial charge in [-0.2, -0.15) is 0 Å². The molecule has 6 heteroatoms. The Morgan fingerprint density at radius 1 is 1.30 bits per heavy atom. The highest BCUT2D eigenvalue weighted by Gasteiger charge is 2.34. The first-order valence-corrected chi connectivity index (χ1v) is 9.76. The molecule has 1 aromatic heterocycles. The lowest BCUT2D eigenvalue weighted by atomic mass is 9.87. The normalized spacial score (nSPS) is 22.8. The smallest absolute Gasteiger partial charge is 0.140 e. The Bertz CT molecular complexity index is 746. The van der Waals surface area contributed by atoms with Gasteiger partial charge < -0.3 is 24.0 Å². The fourth-order valence-corrected chi connectivity index (χ4v) is 4.06. The Morgan fingerprint density at radius 2 is 2.15 bits per heavy atom. The third-order valence-corrected chi connectivity index (χ3v) is 5.75. The molecule has 0 amide bonds. The zero-order valence-corrected chi connectivity index (χ0v) is 15.9. The summed E-state index contributed by atoms with van der Waals surface area (Å²) in [5.74, 6) is 2.17. The number of hydrogen-bond acceptors (Lipinski definition) is 6. The first-order valence-electron chi connectivity index (χ1n) is 9.76. The minimum atomic E-state index is -0.714. The lowest BCUT2D eigenvalue weighted by Gasteiger charge is -2.38. The summed E-state index contributed by atoms with van der Waals surface area (Å²) in [7, 11) is 1.65. The van der Waals surface area contributed by atoms with Crippen molar-refractivity contribution in [3.8, 4) is 17.0 Å². The van der Waals surface area contributed by atoms with Gasteiger partial charge in [0.15, 0.2) is 0 Å². The molecule has 0 spiro atoms. The minimum absolute atomic E-state index is 0.504. The second-order valence-electron chi connectivity index (χ2n) is 7.84. The Morgan fingerprint density at radius 3 is 2.89 bits per heavy atom. The van der Waals surface area contributed by atoms with Crippen LogP contribution in [0, 0.1) is 5.92 Å². The standard InChI is InChI=1S/C21H28N2O4/c1-25-18-4-2-3-17(11-18)20-12-19(27-22-20)13-21(24)6-8-23(9-7-21)14-16-5-10-26-15-16/h2-4,11-12,16,24H,5-10,13-15H2,1H3. The number of piperidine rings is 1. The van der Waals surface area contributed by atoms with Crippen LogP contribution in [0.15, 0.2) is 34.9 Å². The predicted octanol–water partition coefficient (Wildman–Crippen LogP) is 2.76. The molecule has 1 unspecified atom stereocenters. The fraction of sp³-hybridized carbons (Fsp3) is 0.571. The van der Waals surface area contributed by atoms with E-state index in [1.165, 1.54) is 0 Å². The molecule has 3 heterocycles. The molecular weight excluding hydrogens is 344 g/mol. The SMILES string of the molecule is COc1cccc(-c2cc(CC3(O)CCN(CC4CCOC4)CC3)on2)c1. The summed E-state index contributed by atoms with van der Waals surface area (Å²) >= 11 is 0. The van der Waals surface area contributed by atoms with Gasteiger partial charge in [0.05, 0.1) is 19.3 Å². The highest BCUT2D eigenvalue weighted by atomic mass is 16.5. The van der Waals surface area contributed by atoms with E-state index < -0.39 is 5.60 Å². The zero-order valence-electron chi connectivity index (χ0n) is 15.9. The molecule has 146 valence electrons. The molecule has 2 saturated heterocycles. The van der Waals surface area contributed by atoms with E-state index in [1.807, 2.05) is 30.3 Å². The Hall–Kier alpha value is -1.89. The number of rotatable bonds is 6. The fourth-order valence-electron chi connectivity index (χ4n) is 4.06. The molecule has 1 atom stereocenters. The summed E-state index contributed by atoms with van der Waals surface area (Å²) < 4.78 is 16.2. The van der Waals surface area contributed by atoms with E-state index in [0.717, 1.165) is 74.9 Å². The van der Waals surface area contributed by atoms with Crippen LogP contribution in [-0.4, -0.2) is 60.7 Å². The van der Waals surface area contributed by atoms with Crippen molar-refractivity contribution in [2.75, 3.05) is 40.0 Å². The van der Waals surface area contributed by atoms with Crippen molar-refractivity contribution in [2.24, 2.45) is 5.92 Å². The quantitative estimate of drug-likeness (QED) is 0.841. The molecule has 2 fully saturated rings. The topological polar surface area (TPSA) is 68.0 Å². The Labute approximate surface area is 160 Å². The van der Waals surface area contributed by atoms with Crippen LogP contribution in [0.3, 0.4) is 0 Å². The molecule has 0 radical (unpaired) electrons. The number of hydrogen-bond donors (Lipinski definition) is 1. The molecule has 6 nitrogen and oxygen atoms in total. The van der Waals surface area contributed by atoms with Gasteiger partial charge in [-0.3, -0.25) is 0 Å². The predicted molar refractivity (Wildman–Crippen MR) is 102 cm³/mol. The second-order valence-corrected chi connectivity index (χ2v) is 7.84. The molecule has 2 aliphatic rings. The van der Waals surface area contributed by atoms with E-state index in [2.05, 4.69) is 10.1 Å². The number of likely N-dealkylation sites (tertiary alicyclic amines) is 1. The van der Waals surface area contributed by atoms with E-state index >= 15 is 0 Å². The van der Waals surface area contributed by atoms with E-state index in [4.69, 9.17) is 14.0 Å². The molecule has 0 saturated carbocycles. The monoisotopic (exact) mass is 372 g/mol. The van der Waals surface area contributed by atoms with Crippen LogP contribution in [0.25, 0.3) is 11.3 Å². The van der Waals surface area contributed by atoms with Gasteiger partial charge in [0.1, 0.15) is 17.2 Å². The Kier molecular flexibility index (Phi) is 5.48. The van der Waals surface area contributed by atoms with E-state index in [0.29, 0.717) is 12.3 Å². The van der Waals surface area contributed by atoms with Crippen molar-refractivity contribution in [3.63, 3.8) is 0 Å². The van der Waals surface area contributed by atoms with Crippen molar-refractivity contribution in [3.05, 3.63) is 36.1 Å². The van der Waals surface area contributed by atoms with E-state index in [-0.39, 0.29) is 0 Å². The summed E-state index contributed by atoms with van der Waals surface area (Å²) in [6, 6.07) is 9.67. The molecule has 0 aliphatic carbocycles. The van der Waals surface area contributed by atoms with Crippen LogP contribution in [0.4, 0.5) is 0 Å². The highest BCUT2D eigenvalue weighted by Crippen LogP contribution is 2.30. The highest BCUT2D eigenvalue weighted by molar-refractivity contribution is 5.60. The first-order chi connectivity index (χ1) is 13.1. The van der Waals surface area contributed by atoms with E-state index in [1.54, 1.807) is 7.11 Å². The molecule has 1 N–H and O–H groups in total. The minimum Gasteiger partial charge on any atom is -0.497 e. The average Bonchev–Trinajstić information content (AvgIpc) is 3.36. The maximum atomic E-state index is 11.0. The van der Waals surface area contributed by atoms with Gasteiger partial charge in [-0.25, -0.2) is 0 Å². The first kappa shape index (κ1) is 18.5. The van der Waals surface area contributed by atoms with Crippen molar-refractivity contribution in [1.82, 2.24) is 10.1 Å². The van der Waals surface area contributed by atoms with Gasteiger partial charge in [-0.05, 0) is 37.3 Å². The van der Waals surface area contributed by atoms with Crippen molar-refractivity contribution in [1.29, 1.82) is 0 Å². The van der Waals surface area contributed by atoms with Gasteiger partial charge in [0.2, 0.25) is 0 Å². The van der Waals surface area contributed by atoms with Crippen molar-refractivity contribution >= 4 is 0 Å². The number of aromatic nitrogens is 1. The molecule has 2 aliphatic heterocycles. The zero-order chi connectivity index (χ0) is 18.7. The van der Waals surface area contributed by atoms with Crippen LogP contribution in [-0.2, 0) is 11.2 Å². The average molecular weight is 372 g/mol. The maximum absolute atomic E-state index is 11.0. The largest absolute Gasteiger partial charge is 0.497 e. The van der Waals surface area contributed by atoms with Crippen LogP contribution < -0.4 is 4.74 Å². The van der Waals surface area contributed by atoms with Crippen LogP contribution in [0.2, 0.25) is 0 Å². The molecule has 4 rings (SSSR count). The van der Waals surface area contributed by atoms with E-state index in [9.17, 15) is 5.11 Å². The molecule has 2 aromatic rings. The third-order valence-electron chi connectivity index (χ3n) is 5.75. The van der Waals surface area contributed by atoms with Crippen LogP contribution >= 0.6 is 0 Å². The number of methoxy groups -OCH3 is 1. The van der Waals surface area contributed by atoms with Crippen LogP contribution in [0.1, 0.15) is 25.0 Å². The van der Waals surface area contributed by atoms with Gasteiger partial charge >= 0.3 is 0 Å². The van der Waals surface area contributed by atoms with Gasteiger partial charge in [-0.15, -0.1) is 0 Å². The molecular formula is C21H28N2O4. The Balaban J connectivity index is 1.34. The maximum Gasteiger partial charge on any atom is 0.140 e. The second kappa shape index (κ2) is 8.00. The summed E-state index contributed by atoms with van der Waals surface area (Å²) in [4.78, 5) is 2.45.